The van der Waals surface area contributed by atoms with Gasteiger partial charge >= 0.3 is 8.25 Å². The highest BCUT2D eigenvalue weighted by molar-refractivity contribution is 8.77. The summed E-state index contributed by atoms with van der Waals surface area (Å²) in [6.45, 7) is 0. The van der Waals surface area contributed by atoms with Gasteiger partial charge in [-0.3, -0.25) is 9.09 Å². The zero-order chi connectivity index (χ0) is 9.26. The highest BCUT2D eigenvalue weighted by atomic mass is 33.1. The van der Waals surface area contributed by atoms with Crippen molar-refractivity contribution in [1.82, 2.24) is 0 Å². The van der Waals surface area contributed by atoms with Crippen LogP contribution in [0, 0.1) is 0 Å². The van der Waals surface area contributed by atoms with Gasteiger partial charge in [-0.15, -0.1) is 0 Å². The quantitative estimate of drug-likeness (QED) is 0.629. The van der Waals surface area contributed by atoms with Crippen LogP contribution in [0.4, 0.5) is 0 Å². The van der Waals surface area contributed by atoms with Gasteiger partial charge in [0, 0.05) is 10.5 Å². The minimum Gasteiger partial charge on any atom is -0.326 e. The maximum Gasteiger partial charge on any atom is 0.318 e. The van der Waals surface area contributed by atoms with Crippen LogP contribution in [-0.4, -0.2) is 4.89 Å². The van der Waals surface area contributed by atoms with Crippen LogP contribution >= 0.6 is 29.8 Å². The summed E-state index contributed by atoms with van der Waals surface area (Å²) in [4.78, 5) is 9.75. The number of rotatable bonds is 2. The molecule has 2 unspecified atom stereocenters. The molecule has 2 rings (SSSR count). The van der Waals surface area contributed by atoms with Crippen molar-refractivity contribution in [3.05, 3.63) is 29.8 Å². The lowest BCUT2D eigenvalue weighted by atomic mass is 10.2. The molecule has 1 N–H and O–H groups in total. The Kier molecular flexibility index (Phi) is 3.01. The Morgan fingerprint density at radius 2 is 2.23 bits per heavy atom. The summed E-state index contributed by atoms with van der Waals surface area (Å²) < 4.78 is 15.4. The molecule has 70 valence electrons. The van der Waals surface area contributed by atoms with Crippen LogP contribution in [0.3, 0.4) is 0 Å². The van der Waals surface area contributed by atoms with Crippen molar-refractivity contribution >= 4 is 29.8 Å². The number of hydrogen-bond donors (Lipinski definition) is 1. The van der Waals surface area contributed by atoms with Crippen molar-refractivity contribution < 1.29 is 14.0 Å². The van der Waals surface area contributed by atoms with E-state index in [9.17, 15) is 4.57 Å². The van der Waals surface area contributed by atoms with Crippen molar-refractivity contribution in [3.63, 3.8) is 0 Å². The SMILES string of the molecule is O=[PH](O)OC1SSc2ccccc21. The molecule has 2 atom stereocenters. The standard InChI is InChI=1S/C7H7O3PS2/c8-11(9)10-7-5-3-1-2-4-6(5)12-13-7/h1-4,7,11H,(H,8,9). The van der Waals surface area contributed by atoms with E-state index in [-0.39, 0.29) is 5.44 Å². The van der Waals surface area contributed by atoms with Crippen molar-refractivity contribution in [2.24, 2.45) is 0 Å². The topological polar surface area (TPSA) is 46.5 Å². The molecule has 1 aromatic carbocycles. The molecule has 1 aliphatic rings. The van der Waals surface area contributed by atoms with Gasteiger partial charge in [-0.25, -0.2) is 0 Å². The molecule has 0 spiro atoms. The van der Waals surface area contributed by atoms with Crippen molar-refractivity contribution in [2.45, 2.75) is 10.3 Å². The Hall–Kier alpha value is 0.0700. The number of benzene rings is 1. The van der Waals surface area contributed by atoms with E-state index in [1.54, 1.807) is 10.8 Å². The van der Waals surface area contributed by atoms with E-state index >= 15 is 0 Å². The summed E-state index contributed by atoms with van der Waals surface area (Å²) in [6, 6.07) is 7.73. The van der Waals surface area contributed by atoms with Crippen LogP contribution in [0.15, 0.2) is 29.2 Å². The van der Waals surface area contributed by atoms with E-state index in [0.29, 0.717) is 0 Å². The molecule has 0 saturated heterocycles. The van der Waals surface area contributed by atoms with E-state index in [1.165, 1.54) is 10.8 Å². The van der Waals surface area contributed by atoms with Gasteiger partial charge in [-0.1, -0.05) is 39.8 Å². The van der Waals surface area contributed by atoms with Gasteiger partial charge in [0.1, 0.15) is 5.44 Å². The molecule has 3 nitrogen and oxygen atoms in total. The number of hydrogen-bond acceptors (Lipinski definition) is 4. The van der Waals surface area contributed by atoms with Gasteiger partial charge in [0.25, 0.3) is 0 Å². The highest BCUT2D eigenvalue weighted by Crippen LogP contribution is 2.55. The third-order valence-electron chi connectivity index (χ3n) is 1.61. The summed E-state index contributed by atoms with van der Waals surface area (Å²) in [6.07, 6.45) is 0. The predicted octanol–water partition coefficient (Wildman–Crippen LogP) is 2.84. The fourth-order valence-corrected chi connectivity index (χ4v) is 4.46. The van der Waals surface area contributed by atoms with Gasteiger partial charge in [0.15, 0.2) is 0 Å². The third kappa shape index (κ3) is 2.11. The Labute approximate surface area is 84.2 Å². The minimum atomic E-state index is -2.84. The minimum absolute atomic E-state index is 0.294. The molecule has 0 aromatic heterocycles. The van der Waals surface area contributed by atoms with E-state index in [2.05, 4.69) is 0 Å². The molecule has 1 aliphatic heterocycles. The second kappa shape index (κ2) is 4.07. The Bertz CT molecular complexity index is 344. The third-order valence-corrected chi connectivity index (χ3v) is 4.74. The van der Waals surface area contributed by atoms with Crippen LogP contribution in [0.5, 0.6) is 0 Å². The van der Waals surface area contributed by atoms with Gasteiger partial charge in [-0.2, -0.15) is 0 Å². The molecule has 0 aliphatic carbocycles. The maximum absolute atomic E-state index is 10.5. The van der Waals surface area contributed by atoms with E-state index < -0.39 is 8.25 Å². The summed E-state index contributed by atoms with van der Waals surface area (Å²) in [5.41, 5.74) is 0.697. The lowest BCUT2D eigenvalue weighted by Crippen LogP contribution is -1.89. The van der Waals surface area contributed by atoms with Crippen LogP contribution in [0.1, 0.15) is 11.0 Å². The Morgan fingerprint density at radius 1 is 1.46 bits per heavy atom. The molecule has 1 aromatic rings. The van der Waals surface area contributed by atoms with Gasteiger partial charge in [0.2, 0.25) is 0 Å². The summed E-state index contributed by atoms with van der Waals surface area (Å²) in [5, 5.41) is 0. The normalized spacial score (nSPS) is 22.7. The first kappa shape index (κ1) is 9.62. The molecule has 6 heteroatoms. The van der Waals surface area contributed by atoms with Crippen LogP contribution in [-0.2, 0) is 9.09 Å². The van der Waals surface area contributed by atoms with E-state index in [4.69, 9.17) is 9.42 Å². The Balaban J connectivity index is 2.23. The molecule has 0 amide bonds. The molecule has 0 bridgehead atoms. The monoisotopic (exact) mass is 234 g/mol. The van der Waals surface area contributed by atoms with Crippen molar-refractivity contribution in [3.8, 4) is 0 Å². The fourth-order valence-electron chi connectivity index (χ4n) is 1.07. The molecule has 0 radical (unpaired) electrons. The summed E-state index contributed by atoms with van der Waals surface area (Å²) in [7, 11) is 0.192. The van der Waals surface area contributed by atoms with Crippen LogP contribution < -0.4 is 0 Å². The fraction of sp³-hybridized carbons (Fsp3) is 0.143. The van der Waals surface area contributed by atoms with Crippen molar-refractivity contribution in [2.75, 3.05) is 0 Å². The predicted molar refractivity (Wildman–Crippen MR) is 54.9 cm³/mol. The lowest BCUT2D eigenvalue weighted by molar-refractivity contribution is 0.264. The van der Waals surface area contributed by atoms with Crippen molar-refractivity contribution in [1.29, 1.82) is 0 Å². The van der Waals surface area contributed by atoms with Gasteiger partial charge in [-0.05, 0) is 6.07 Å². The van der Waals surface area contributed by atoms with Crippen LogP contribution in [0.25, 0.3) is 0 Å². The second-order valence-corrected chi connectivity index (χ2v) is 5.51. The first-order valence-corrected chi connectivity index (χ1v) is 7.07. The summed E-state index contributed by atoms with van der Waals surface area (Å²) in [5.74, 6) is 0. The first-order chi connectivity index (χ1) is 6.27. The maximum atomic E-state index is 10.5. The molecule has 0 fully saturated rings. The molecule has 13 heavy (non-hydrogen) atoms. The van der Waals surface area contributed by atoms with Crippen LogP contribution in [0.2, 0.25) is 0 Å². The zero-order valence-corrected chi connectivity index (χ0v) is 9.10. The summed E-state index contributed by atoms with van der Waals surface area (Å²) >= 11 is 0. The lowest BCUT2D eigenvalue weighted by Gasteiger charge is -2.07. The van der Waals surface area contributed by atoms with Gasteiger partial charge < -0.3 is 4.89 Å². The zero-order valence-electron chi connectivity index (χ0n) is 6.47. The highest BCUT2D eigenvalue weighted by Gasteiger charge is 2.25. The molecular formula is C7H7O3PS2. The molecule has 1 heterocycles. The molecular weight excluding hydrogens is 227 g/mol. The first-order valence-electron chi connectivity index (χ1n) is 3.59. The van der Waals surface area contributed by atoms with E-state index in [0.717, 1.165) is 10.5 Å². The average molecular weight is 234 g/mol. The average Bonchev–Trinajstić information content (AvgIpc) is 2.48. The van der Waals surface area contributed by atoms with Gasteiger partial charge in [0.05, 0.1) is 0 Å². The smallest absolute Gasteiger partial charge is 0.318 e. The largest absolute Gasteiger partial charge is 0.326 e. The Morgan fingerprint density at radius 3 is 3.00 bits per heavy atom. The van der Waals surface area contributed by atoms with E-state index in [1.807, 2.05) is 24.3 Å². The molecule has 0 saturated carbocycles. The second-order valence-electron chi connectivity index (χ2n) is 2.43. The number of fused-ring (bicyclic) bond motifs is 1.